The molecule has 20 heavy (non-hydrogen) atoms. The molecule has 1 saturated heterocycles. The fourth-order valence-corrected chi connectivity index (χ4v) is 5.18. The number of sulfonamides is 1. The minimum absolute atomic E-state index is 0.00333. The number of hydrogen-bond donors (Lipinski definition) is 1. The van der Waals surface area contributed by atoms with Gasteiger partial charge in [-0.05, 0) is 14.0 Å². The molecule has 0 radical (unpaired) electrons. The van der Waals surface area contributed by atoms with Gasteiger partial charge in [-0.3, -0.25) is 0 Å². The number of furan rings is 1. The van der Waals surface area contributed by atoms with Crippen molar-refractivity contribution >= 4 is 19.9 Å². The zero-order valence-corrected chi connectivity index (χ0v) is 13.1. The minimum atomic E-state index is -3.69. The molecule has 2 heterocycles. The average Bonchev–Trinajstić information content (AvgIpc) is 2.71. The standard InChI is InChI=1S/C11H18N2O5S2/c1-9-11(7-10(18-9)8-12-2)20(16,17)13-3-5-19(14,15)6-4-13/h7,12H,3-6,8H2,1-2H3. The van der Waals surface area contributed by atoms with Crippen LogP contribution in [-0.4, -0.2) is 52.8 Å². The monoisotopic (exact) mass is 322 g/mol. The summed E-state index contributed by atoms with van der Waals surface area (Å²) in [5.41, 5.74) is 0. The molecule has 0 aromatic carbocycles. The highest BCUT2D eigenvalue weighted by Gasteiger charge is 2.33. The molecule has 0 unspecified atom stereocenters. The highest BCUT2D eigenvalue weighted by molar-refractivity contribution is 7.92. The van der Waals surface area contributed by atoms with Crippen LogP contribution in [0, 0.1) is 6.92 Å². The maximum Gasteiger partial charge on any atom is 0.246 e. The molecule has 1 fully saturated rings. The Hall–Kier alpha value is -0.900. The van der Waals surface area contributed by atoms with Crippen LogP contribution in [0.3, 0.4) is 0 Å². The SMILES string of the molecule is CNCc1cc(S(=O)(=O)N2CCS(=O)(=O)CC2)c(C)o1. The third kappa shape index (κ3) is 3.05. The summed E-state index contributed by atoms with van der Waals surface area (Å²) in [4.78, 5) is 0.113. The van der Waals surface area contributed by atoms with Crippen molar-refractivity contribution in [1.29, 1.82) is 0 Å². The Bertz CT molecular complexity index is 676. The number of nitrogens with one attached hydrogen (secondary N) is 1. The van der Waals surface area contributed by atoms with E-state index in [4.69, 9.17) is 4.42 Å². The lowest BCUT2D eigenvalue weighted by Crippen LogP contribution is -2.43. The molecule has 9 heteroatoms. The van der Waals surface area contributed by atoms with E-state index in [0.717, 1.165) is 0 Å². The Morgan fingerprint density at radius 2 is 1.95 bits per heavy atom. The molecule has 1 N–H and O–H groups in total. The molecule has 0 atom stereocenters. The van der Waals surface area contributed by atoms with E-state index in [1.54, 1.807) is 14.0 Å². The number of hydrogen-bond acceptors (Lipinski definition) is 6. The predicted octanol–water partition coefficient (Wildman–Crippen LogP) is -0.273. The van der Waals surface area contributed by atoms with Gasteiger partial charge in [0, 0.05) is 19.2 Å². The zero-order chi connectivity index (χ0) is 15.0. The molecule has 0 amide bonds. The second kappa shape index (κ2) is 5.47. The Morgan fingerprint density at radius 1 is 1.35 bits per heavy atom. The lowest BCUT2D eigenvalue weighted by atomic mass is 10.4. The van der Waals surface area contributed by atoms with Crippen LogP contribution in [0.25, 0.3) is 0 Å². The van der Waals surface area contributed by atoms with Crippen LogP contribution in [0.2, 0.25) is 0 Å². The van der Waals surface area contributed by atoms with Crippen LogP contribution in [0.1, 0.15) is 11.5 Å². The molecular weight excluding hydrogens is 304 g/mol. The fraction of sp³-hybridized carbons (Fsp3) is 0.636. The lowest BCUT2D eigenvalue weighted by molar-refractivity contribution is 0.426. The van der Waals surface area contributed by atoms with Crippen molar-refractivity contribution in [2.75, 3.05) is 31.6 Å². The summed E-state index contributed by atoms with van der Waals surface area (Å²) in [7, 11) is -5.07. The summed E-state index contributed by atoms with van der Waals surface area (Å²) in [6.07, 6.45) is 0. The van der Waals surface area contributed by atoms with Crippen molar-refractivity contribution in [2.24, 2.45) is 0 Å². The Labute approximate surface area is 118 Å². The predicted molar refractivity (Wildman–Crippen MR) is 73.6 cm³/mol. The van der Waals surface area contributed by atoms with Crippen molar-refractivity contribution in [1.82, 2.24) is 9.62 Å². The van der Waals surface area contributed by atoms with Gasteiger partial charge in [-0.2, -0.15) is 4.31 Å². The maximum absolute atomic E-state index is 12.5. The third-order valence-electron chi connectivity index (χ3n) is 3.20. The molecule has 7 nitrogen and oxygen atoms in total. The van der Waals surface area contributed by atoms with Crippen LogP contribution in [0.15, 0.2) is 15.4 Å². The first-order valence-corrected chi connectivity index (χ1v) is 9.47. The summed E-state index contributed by atoms with van der Waals surface area (Å²) in [5.74, 6) is 0.593. The summed E-state index contributed by atoms with van der Waals surface area (Å²) in [5, 5.41) is 2.88. The quantitative estimate of drug-likeness (QED) is 0.819. The average molecular weight is 322 g/mol. The summed E-state index contributed by atoms with van der Waals surface area (Å²) in [6.45, 7) is 2.02. The van der Waals surface area contributed by atoms with Gasteiger partial charge in [-0.25, -0.2) is 16.8 Å². The van der Waals surface area contributed by atoms with E-state index in [1.807, 2.05) is 0 Å². The number of nitrogens with zero attached hydrogens (tertiary/aromatic N) is 1. The fourth-order valence-electron chi connectivity index (χ4n) is 2.12. The molecule has 0 spiro atoms. The zero-order valence-electron chi connectivity index (χ0n) is 11.4. The van der Waals surface area contributed by atoms with Gasteiger partial charge in [0.25, 0.3) is 0 Å². The molecule has 1 aromatic rings. The van der Waals surface area contributed by atoms with E-state index >= 15 is 0 Å². The molecule has 1 aliphatic rings. The van der Waals surface area contributed by atoms with E-state index < -0.39 is 19.9 Å². The van der Waals surface area contributed by atoms with E-state index in [9.17, 15) is 16.8 Å². The molecule has 0 aliphatic carbocycles. The normalized spacial score (nSPS) is 20.1. The summed E-state index contributed by atoms with van der Waals surface area (Å²) in [6, 6.07) is 1.49. The first-order chi connectivity index (χ1) is 9.26. The molecule has 114 valence electrons. The third-order valence-corrected chi connectivity index (χ3v) is 6.81. The van der Waals surface area contributed by atoms with Crippen molar-refractivity contribution in [3.05, 3.63) is 17.6 Å². The number of sulfone groups is 1. The largest absolute Gasteiger partial charge is 0.464 e. The van der Waals surface area contributed by atoms with Crippen LogP contribution in [0.4, 0.5) is 0 Å². The minimum Gasteiger partial charge on any atom is -0.464 e. The van der Waals surface area contributed by atoms with Crippen molar-refractivity contribution in [3.63, 3.8) is 0 Å². The van der Waals surface area contributed by atoms with Gasteiger partial charge in [-0.15, -0.1) is 0 Å². The van der Waals surface area contributed by atoms with Crippen molar-refractivity contribution < 1.29 is 21.3 Å². The van der Waals surface area contributed by atoms with E-state index in [1.165, 1.54) is 10.4 Å². The molecular formula is C11H18N2O5S2. The topological polar surface area (TPSA) is 96.7 Å². The summed E-state index contributed by atoms with van der Waals surface area (Å²) >= 11 is 0. The second-order valence-electron chi connectivity index (χ2n) is 4.72. The van der Waals surface area contributed by atoms with Gasteiger partial charge in [0.1, 0.15) is 16.4 Å². The summed E-state index contributed by atoms with van der Waals surface area (Å²) < 4.78 is 54.3. The van der Waals surface area contributed by atoms with Crippen LogP contribution in [-0.2, 0) is 26.4 Å². The van der Waals surface area contributed by atoms with Gasteiger partial charge in [0.2, 0.25) is 10.0 Å². The van der Waals surface area contributed by atoms with Gasteiger partial charge < -0.3 is 9.73 Å². The van der Waals surface area contributed by atoms with Crippen molar-refractivity contribution in [3.8, 4) is 0 Å². The van der Waals surface area contributed by atoms with E-state index in [0.29, 0.717) is 18.1 Å². The van der Waals surface area contributed by atoms with E-state index in [2.05, 4.69) is 5.32 Å². The molecule has 1 aromatic heterocycles. The molecule has 0 bridgehead atoms. The molecule has 2 rings (SSSR count). The highest BCUT2D eigenvalue weighted by Crippen LogP contribution is 2.24. The Kier molecular flexibility index (Phi) is 4.24. The van der Waals surface area contributed by atoms with Crippen LogP contribution < -0.4 is 5.32 Å². The van der Waals surface area contributed by atoms with E-state index in [-0.39, 0.29) is 29.5 Å². The Morgan fingerprint density at radius 3 is 2.50 bits per heavy atom. The molecule has 1 aliphatic heterocycles. The van der Waals surface area contributed by atoms with Gasteiger partial charge in [0.15, 0.2) is 9.84 Å². The van der Waals surface area contributed by atoms with Gasteiger partial charge in [0.05, 0.1) is 18.1 Å². The first-order valence-electron chi connectivity index (χ1n) is 6.21. The van der Waals surface area contributed by atoms with Crippen LogP contribution >= 0.6 is 0 Å². The highest BCUT2D eigenvalue weighted by atomic mass is 32.2. The lowest BCUT2D eigenvalue weighted by Gasteiger charge is -2.25. The first kappa shape index (κ1) is 15.5. The Balaban J connectivity index is 2.27. The van der Waals surface area contributed by atoms with Crippen molar-refractivity contribution in [2.45, 2.75) is 18.4 Å². The van der Waals surface area contributed by atoms with Crippen LogP contribution in [0.5, 0.6) is 0 Å². The number of rotatable bonds is 4. The van der Waals surface area contributed by atoms with Gasteiger partial charge >= 0.3 is 0 Å². The second-order valence-corrected chi connectivity index (χ2v) is 8.93. The van der Waals surface area contributed by atoms with Gasteiger partial charge in [-0.1, -0.05) is 0 Å². The smallest absolute Gasteiger partial charge is 0.246 e. The maximum atomic E-state index is 12.5. The molecule has 0 saturated carbocycles. The number of aryl methyl sites for hydroxylation is 1.